The molecule has 2 heterocycles. The minimum Gasteiger partial charge on any atom is -0.395 e. The molecular formula is C13H20N4O2. The van der Waals surface area contributed by atoms with Crippen molar-refractivity contribution in [3.8, 4) is 0 Å². The average molecular weight is 264 g/mol. The number of rotatable bonds is 4. The van der Waals surface area contributed by atoms with Gasteiger partial charge < -0.3 is 20.2 Å². The molecule has 1 aliphatic rings. The second-order valence-corrected chi connectivity index (χ2v) is 4.59. The first-order valence-electron chi connectivity index (χ1n) is 6.50. The van der Waals surface area contributed by atoms with E-state index >= 15 is 0 Å². The van der Waals surface area contributed by atoms with Gasteiger partial charge in [0.1, 0.15) is 5.82 Å². The van der Waals surface area contributed by atoms with Crippen LogP contribution >= 0.6 is 0 Å². The van der Waals surface area contributed by atoms with Gasteiger partial charge in [-0.3, -0.25) is 4.79 Å². The summed E-state index contributed by atoms with van der Waals surface area (Å²) < 4.78 is 0. The summed E-state index contributed by atoms with van der Waals surface area (Å²) in [5.74, 6) is 0.788. The van der Waals surface area contributed by atoms with Gasteiger partial charge in [-0.05, 0) is 12.1 Å². The monoisotopic (exact) mass is 264 g/mol. The molecule has 0 radical (unpaired) electrons. The molecule has 1 amide bonds. The van der Waals surface area contributed by atoms with E-state index < -0.39 is 0 Å². The number of likely N-dealkylation sites (N-methyl/N-ethyl adjacent to an activating group) is 1. The molecular weight excluding hydrogens is 244 g/mol. The average Bonchev–Trinajstić information content (AvgIpc) is 2.48. The Labute approximate surface area is 113 Å². The van der Waals surface area contributed by atoms with Crippen molar-refractivity contribution < 1.29 is 9.90 Å². The van der Waals surface area contributed by atoms with Crippen LogP contribution in [-0.4, -0.2) is 67.3 Å². The zero-order valence-corrected chi connectivity index (χ0v) is 11.2. The molecule has 0 aliphatic carbocycles. The molecule has 1 aromatic rings. The van der Waals surface area contributed by atoms with Gasteiger partial charge in [-0.2, -0.15) is 0 Å². The number of hydrogen-bond acceptors (Lipinski definition) is 5. The SMILES string of the molecule is CN(CCO)C(=O)c1ccc(N2CCNCC2)nc1. The molecule has 1 aliphatic heterocycles. The molecule has 0 unspecified atom stereocenters. The molecule has 2 rings (SSSR count). The number of carbonyl (C=O) groups excluding carboxylic acids is 1. The standard InChI is InChI=1S/C13H20N4O2/c1-16(8-9-18)13(19)11-2-3-12(15-10-11)17-6-4-14-5-7-17/h2-3,10,14,18H,4-9H2,1H3. The lowest BCUT2D eigenvalue weighted by Gasteiger charge is -2.28. The van der Waals surface area contributed by atoms with Crippen LogP contribution in [0.15, 0.2) is 18.3 Å². The Morgan fingerprint density at radius 1 is 1.47 bits per heavy atom. The van der Waals surface area contributed by atoms with Gasteiger partial charge in [0.05, 0.1) is 12.2 Å². The third-order valence-corrected chi connectivity index (χ3v) is 3.22. The number of aliphatic hydroxyl groups is 1. The van der Waals surface area contributed by atoms with Gasteiger partial charge in [-0.15, -0.1) is 0 Å². The van der Waals surface area contributed by atoms with Crippen LogP contribution in [0.5, 0.6) is 0 Å². The zero-order valence-electron chi connectivity index (χ0n) is 11.2. The Hall–Kier alpha value is -1.66. The Balaban J connectivity index is 2.03. The third-order valence-electron chi connectivity index (χ3n) is 3.22. The van der Waals surface area contributed by atoms with Gasteiger partial charge >= 0.3 is 0 Å². The van der Waals surface area contributed by atoms with E-state index in [4.69, 9.17) is 5.11 Å². The minimum absolute atomic E-state index is 0.0332. The smallest absolute Gasteiger partial charge is 0.255 e. The van der Waals surface area contributed by atoms with E-state index in [1.165, 1.54) is 4.90 Å². The lowest BCUT2D eigenvalue weighted by atomic mass is 10.2. The predicted octanol–water partition coefficient (Wildman–Crippen LogP) is -0.444. The predicted molar refractivity (Wildman–Crippen MR) is 73.4 cm³/mol. The van der Waals surface area contributed by atoms with E-state index in [9.17, 15) is 4.79 Å². The molecule has 0 aromatic carbocycles. The molecule has 6 nitrogen and oxygen atoms in total. The van der Waals surface area contributed by atoms with E-state index in [2.05, 4.69) is 15.2 Å². The number of amides is 1. The van der Waals surface area contributed by atoms with Gasteiger partial charge in [0, 0.05) is 46.0 Å². The summed E-state index contributed by atoms with van der Waals surface area (Å²) in [5.41, 5.74) is 0.551. The quantitative estimate of drug-likeness (QED) is 0.771. The molecule has 6 heteroatoms. The maximum atomic E-state index is 12.0. The largest absolute Gasteiger partial charge is 0.395 e. The van der Waals surface area contributed by atoms with Gasteiger partial charge in [-0.25, -0.2) is 4.98 Å². The molecule has 104 valence electrons. The minimum atomic E-state index is -0.117. The first kappa shape index (κ1) is 13.8. The topological polar surface area (TPSA) is 68.7 Å². The number of anilines is 1. The summed E-state index contributed by atoms with van der Waals surface area (Å²) in [6.07, 6.45) is 1.60. The first-order valence-corrected chi connectivity index (χ1v) is 6.50. The third kappa shape index (κ3) is 3.42. The molecule has 0 saturated carbocycles. The summed E-state index contributed by atoms with van der Waals surface area (Å²) in [5, 5.41) is 12.1. The summed E-state index contributed by atoms with van der Waals surface area (Å²) >= 11 is 0. The Morgan fingerprint density at radius 2 is 2.21 bits per heavy atom. The van der Waals surface area contributed by atoms with E-state index in [-0.39, 0.29) is 12.5 Å². The van der Waals surface area contributed by atoms with Crippen LogP contribution in [0.25, 0.3) is 0 Å². The van der Waals surface area contributed by atoms with E-state index in [1.807, 2.05) is 6.07 Å². The number of aromatic nitrogens is 1. The van der Waals surface area contributed by atoms with Gasteiger partial charge in [0.15, 0.2) is 0 Å². The molecule has 0 bridgehead atoms. The van der Waals surface area contributed by atoms with Crippen LogP contribution in [0.4, 0.5) is 5.82 Å². The fourth-order valence-electron chi connectivity index (χ4n) is 2.07. The van der Waals surface area contributed by atoms with Crippen molar-refractivity contribution >= 4 is 11.7 Å². The van der Waals surface area contributed by atoms with Crippen molar-refractivity contribution in [3.63, 3.8) is 0 Å². The first-order chi connectivity index (χ1) is 9.22. The van der Waals surface area contributed by atoms with Crippen molar-refractivity contribution in [3.05, 3.63) is 23.9 Å². The second kappa shape index (κ2) is 6.49. The molecule has 1 saturated heterocycles. The lowest BCUT2D eigenvalue weighted by Crippen LogP contribution is -2.43. The fourth-order valence-corrected chi connectivity index (χ4v) is 2.07. The summed E-state index contributed by atoms with van der Waals surface area (Å²) in [6.45, 7) is 4.09. The molecule has 0 atom stereocenters. The number of aliphatic hydroxyl groups excluding tert-OH is 1. The van der Waals surface area contributed by atoms with E-state index in [0.717, 1.165) is 32.0 Å². The van der Waals surface area contributed by atoms with E-state index in [0.29, 0.717) is 12.1 Å². The van der Waals surface area contributed by atoms with Crippen LogP contribution in [0.2, 0.25) is 0 Å². The Kier molecular flexibility index (Phi) is 4.70. The van der Waals surface area contributed by atoms with Crippen LogP contribution < -0.4 is 10.2 Å². The van der Waals surface area contributed by atoms with Crippen LogP contribution in [-0.2, 0) is 0 Å². The van der Waals surface area contributed by atoms with Gasteiger partial charge in [-0.1, -0.05) is 0 Å². The number of nitrogens with one attached hydrogen (secondary N) is 1. The van der Waals surface area contributed by atoms with Gasteiger partial charge in [0.25, 0.3) is 5.91 Å². The van der Waals surface area contributed by atoms with Crippen LogP contribution in [0, 0.1) is 0 Å². The fraction of sp³-hybridized carbons (Fsp3) is 0.538. The highest BCUT2D eigenvalue weighted by Gasteiger charge is 2.14. The summed E-state index contributed by atoms with van der Waals surface area (Å²) in [4.78, 5) is 20.0. The molecule has 1 aromatic heterocycles. The molecule has 2 N–H and O–H groups in total. The Morgan fingerprint density at radius 3 is 2.79 bits per heavy atom. The highest BCUT2D eigenvalue weighted by molar-refractivity contribution is 5.93. The number of piperazine rings is 1. The number of hydrogen-bond donors (Lipinski definition) is 2. The maximum absolute atomic E-state index is 12.0. The number of nitrogens with zero attached hydrogens (tertiary/aromatic N) is 3. The van der Waals surface area contributed by atoms with Crippen LogP contribution in [0.3, 0.4) is 0 Å². The van der Waals surface area contributed by atoms with Crippen molar-refractivity contribution in [1.29, 1.82) is 0 Å². The van der Waals surface area contributed by atoms with Crippen molar-refractivity contribution in [1.82, 2.24) is 15.2 Å². The highest BCUT2D eigenvalue weighted by atomic mass is 16.3. The molecule has 1 fully saturated rings. The second-order valence-electron chi connectivity index (χ2n) is 4.59. The summed E-state index contributed by atoms with van der Waals surface area (Å²) in [6, 6.07) is 3.67. The van der Waals surface area contributed by atoms with Crippen molar-refractivity contribution in [2.24, 2.45) is 0 Å². The summed E-state index contributed by atoms with van der Waals surface area (Å²) in [7, 11) is 1.67. The Bertz CT molecular complexity index is 415. The van der Waals surface area contributed by atoms with Crippen molar-refractivity contribution in [2.45, 2.75) is 0 Å². The van der Waals surface area contributed by atoms with E-state index in [1.54, 1.807) is 19.3 Å². The van der Waals surface area contributed by atoms with Crippen molar-refractivity contribution in [2.75, 3.05) is 51.3 Å². The normalized spacial score (nSPS) is 15.4. The zero-order chi connectivity index (χ0) is 13.7. The number of pyridine rings is 1. The molecule has 19 heavy (non-hydrogen) atoms. The van der Waals surface area contributed by atoms with Gasteiger partial charge in [0.2, 0.25) is 0 Å². The lowest BCUT2D eigenvalue weighted by molar-refractivity contribution is 0.0766. The number of carbonyl (C=O) groups is 1. The molecule has 0 spiro atoms. The van der Waals surface area contributed by atoms with Crippen LogP contribution in [0.1, 0.15) is 10.4 Å². The highest BCUT2D eigenvalue weighted by Crippen LogP contribution is 2.12. The maximum Gasteiger partial charge on any atom is 0.255 e.